The van der Waals surface area contributed by atoms with E-state index in [1.807, 2.05) is 31.3 Å². The minimum Gasteiger partial charge on any atom is -0.478 e. The van der Waals surface area contributed by atoms with Crippen molar-refractivity contribution >= 4 is 29.2 Å². The lowest BCUT2D eigenvalue weighted by atomic mass is 10.1. The summed E-state index contributed by atoms with van der Waals surface area (Å²) < 4.78 is 0. The molecule has 21 heavy (non-hydrogen) atoms. The Morgan fingerprint density at radius 3 is 2.33 bits per heavy atom. The summed E-state index contributed by atoms with van der Waals surface area (Å²) >= 11 is 12.0. The Balaban J connectivity index is 2.04. The monoisotopic (exact) mass is 323 g/mol. The van der Waals surface area contributed by atoms with Crippen LogP contribution in [0.3, 0.4) is 0 Å². The highest BCUT2D eigenvalue weighted by Crippen LogP contribution is 2.20. The fourth-order valence-electron chi connectivity index (χ4n) is 2.06. The molecule has 0 unspecified atom stereocenters. The molecular weight excluding hydrogens is 309 g/mol. The van der Waals surface area contributed by atoms with Gasteiger partial charge in [-0.3, -0.25) is 4.90 Å². The Morgan fingerprint density at radius 1 is 1.10 bits per heavy atom. The first-order chi connectivity index (χ1) is 9.95. The highest BCUT2D eigenvalue weighted by atomic mass is 35.5. The van der Waals surface area contributed by atoms with Gasteiger partial charge in [-0.05, 0) is 42.4 Å². The average molecular weight is 324 g/mol. The smallest absolute Gasteiger partial charge is 0.335 e. The number of benzene rings is 2. The van der Waals surface area contributed by atoms with Gasteiger partial charge in [0.25, 0.3) is 0 Å². The van der Waals surface area contributed by atoms with Gasteiger partial charge in [-0.25, -0.2) is 4.79 Å². The third-order valence-electron chi connectivity index (χ3n) is 3.11. The maximum Gasteiger partial charge on any atom is 0.335 e. The standard InChI is InChI=1S/C16H15Cl2NO2/c1-19(9-11-2-6-14(17)7-3-11)10-13-5-4-12(16(20)21)8-15(13)18/h2-8H,9-10H2,1H3,(H,20,21). The number of rotatable bonds is 5. The summed E-state index contributed by atoms with van der Waals surface area (Å²) in [4.78, 5) is 13.0. The number of hydrogen-bond donors (Lipinski definition) is 1. The van der Waals surface area contributed by atoms with E-state index in [1.165, 1.54) is 6.07 Å². The number of aromatic carboxylic acids is 1. The lowest BCUT2D eigenvalue weighted by Gasteiger charge is -2.18. The predicted molar refractivity (Wildman–Crippen MR) is 85.0 cm³/mol. The van der Waals surface area contributed by atoms with Gasteiger partial charge < -0.3 is 5.11 Å². The van der Waals surface area contributed by atoms with Crippen LogP contribution in [0.25, 0.3) is 0 Å². The molecule has 5 heteroatoms. The predicted octanol–water partition coefficient (Wildman–Crippen LogP) is 4.32. The molecule has 0 saturated carbocycles. The van der Waals surface area contributed by atoms with Crippen LogP contribution in [0.5, 0.6) is 0 Å². The Morgan fingerprint density at radius 2 is 1.76 bits per heavy atom. The number of hydrogen-bond acceptors (Lipinski definition) is 2. The van der Waals surface area contributed by atoms with E-state index in [-0.39, 0.29) is 5.56 Å². The van der Waals surface area contributed by atoms with Crippen molar-refractivity contribution in [3.05, 3.63) is 69.2 Å². The second-order valence-corrected chi connectivity index (χ2v) is 5.75. The summed E-state index contributed by atoms with van der Waals surface area (Å²) in [6, 6.07) is 12.5. The van der Waals surface area contributed by atoms with Crippen LogP contribution in [0.15, 0.2) is 42.5 Å². The molecule has 3 nitrogen and oxygen atoms in total. The molecular formula is C16H15Cl2NO2. The molecule has 0 aliphatic rings. The maximum atomic E-state index is 10.9. The third-order valence-corrected chi connectivity index (χ3v) is 3.71. The molecule has 0 aliphatic carbocycles. The van der Waals surface area contributed by atoms with Crippen LogP contribution in [0.4, 0.5) is 0 Å². The van der Waals surface area contributed by atoms with Crippen LogP contribution in [-0.2, 0) is 13.1 Å². The Bertz CT molecular complexity index is 641. The summed E-state index contributed by atoms with van der Waals surface area (Å²) in [5.41, 5.74) is 2.25. The van der Waals surface area contributed by atoms with Crippen molar-refractivity contribution in [2.45, 2.75) is 13.1 Å². The van der Waals surface area contributed by atoms with Gasteiger partial charge in [0.15, 0.2) is 0 Å². The molecule has 0 radical (unpaired) electrons. The van der Waals surface area contributed by atoms with Crippen molar-refractivity contribution in [2.24, 2.45) is 0 Å². The summed E-state index contributed by atoms with van der Waals surface area (Å²) in [5.74, 6) is -0.974. The topological polar surface area (TPSA) is 40.5 Å². The summed E-state index contributed by atoms with van der Waals surface area (Å²) in [5, 5.41) is 10.1. The van der Waals surface area contributed by atoms with Gasteiger partial charge in [-0.1, -0.05) is 41.4 Å². The highest BCUT2D eigenvalue weighted by Gasteiger charge is 2.09. The zero-order valence-corrected chi connectivity index (χ0v) is 13.0. The zero-order chi connectivity index (χ0) is 15.4. The quantitative estimate of drug-likeness (QED) is 0.890. The first kappa shape index (κ1) is 15.8. The molecule has 0 saturated heterocycles. The molecule has 0 aliphatic heterocycles. The molecule has 0 atom stereocenters. The average Bonchev–Trinajstić information content (AvgIpc) is 2.43. The van der Waals surface area contributed by atoms with Gasteiger partial charge >= 0.3 is 5.97 Å². The molecule has 0 amide bonds. The number of carbonyl (C=O) groups is 1. The van der Waals surface area contributed by atoms with Gasteiger partial charge in [0.2, 0.25) is 0 Å². The van der Waals surface area contributed by atoms with Crippen LogP contribution < -0.4 is 0 Å². The van der Waals surface area contributed by atoms with E-state index in [2.05, 4.69) is 4.90 Å². The van der Waals surface area contributed by atoms with Crippen molar-refractivity contribution in [1.29, 1.82) is 0 Å². The lowest BCUT2D eigenvalue weighted by molar-refractivity contribution is 0.0697. The molecule has 0 heterocycles. The van der Waals surface area contributed by atoms with E-state index in [0.717, 1.165) is 17.7 Å². The second kappa shape index (κ2) is 6.94. The third kappa shape index (κ3) is 4.46. The first-order valence-corrected chi connectivity index (χ1v) is 7.16. The fourth-order valence-corrected chi connectivity index (χ4v) is 2.42. The largest absolute Gasteiger partial charge is 0.478 e. The Hall–Kier alpha value is -1.55. The van der Waals surface area contributed by atoms with E-state index in [0.29, 0.717) is 16.6 Å². The van der Waals surface area contributed by atoms with E-state index >= 15 is 0 Å². The van der Waals surface area contributed by atoms with Gasteiger partial charge in [-0.15, -0.1) is 0 Å². The van der Waals surface area contributed by atoms with Crippen molar-refractivity contribution in [2.75, 3.05) is 7.05 Å². The molecule has 2 aromatic rings. The van der Waals surface area contributed by atoms with Gasteiger partial charge in [0.05, 0.1) is 5.56 Å². The van der Waals surface area contributed by atoms with E-state index in [4.69, 9.17) is 28.3 Å². The molecule has 0 aromatic heterocycles. The van der Waals surface area contributed by atoms with Crippen LogP contribution in [0.1, 0.15) is 21.5 Å². The minimum absolute atomic E-state index is 0.198. The van der Waals surface area contributed by atoms with E-state index < -0.39 is 5.97 Å². The SMILES string of the molecule is CN(Cc1ccc(Cl)cc1)Cc1ccc(C(=O)O)cc1Cl. The number of halogens is 2. The van der Waals surface area contributed by atoms with Crippen LogP contribution in [0.2, 0.25) is 10.0 Å². The zero-order valence-electron chi connectivity index (χ0n) is 11.5. The van der Waals surface area contributed by atoms with Crippen molar-refractivity contribution in [3.8, 4) is 0 Å². The molecule has 0 spiro atoms. The van der Waals surface area contributed by atoms with Gasteiger partial charge in [-0.2, -0.15) is 0 Å². The number of nitrogens with zero attached hydrogens (tertiary/aromatic N) is 1. The maximum absolute atomic E-state index is 10.9. The highest BCUT2D eigenvalue weighted by molar-refractivity contribution is 6.31. The summed E-state index contributed by atoms with van der Waals surface area (Å²) in [6.45, 7) is 1.40. The van der Waals surface area contributed by atoms with Gasteiger partial charge in [0, 0.05) is 23.1 Å². The van der Waals surface area contributed by atoms with Crippen LogP contribution >= 0.6 is 23.2 Å². The molecule has 0 bridgehead atoms. The molecule has 2 aromatic carbocycles. The Labute approximate surface area is 133 Å². The number of carboxylic acid groups (broad SMARTS) is 1. The molecule has 0 fully saturated rings. The minimum atomic E-state index is -0.974. The van der Waals surface area contributed by atoms with E-state index in [1.54, 1.807) is 12.1 Å². The van der Waals surface area contributed by atoms with Crippen LogP contribution in [0, 0.1) is 0 Å². The number of carboxylic acids is 1. The van der Waals surface area contributed by atoms with E-state index in [9.17, 15) is 4.79 Å². The van der Waals surface area contributed by atoms with Crippen molar-refractivity contribution in [1.82, 2.24) is 4.90 Å². The van der Waals surface area contributed by atoms with Crippen LogP contribution in [-0.4, -0.2) is 23.0 Å². The molecule has 2 rings (SSSR count). The van der Waals surface area contributed by atoms with Crippen molar-refractivity contribution < 1.29 is 9.90 Å². The molecule has 110 valence electrons. The Kier molecular flexibility index (Phi) is 5.23. The van der Waals surface area contributed by atoms with Gasteiger partial charge in [0.1, 0.15) is 0 Å². The fraction of sp³-hybridized carbons (Fsp3) is 0.188. The normalized spacial score (nSPS) is 10.9. The summed E-state index contributed by atoms with van der Waals surface area (Å²) in [7, 11) is 1.98. The lowest BCUT2D eigenvalue weighted by Crippen LogP contribution is -2.17. The summed E-state index contributed by atoms with van der Waals surface area (Å²) in [6.07, 6.45) is 0. The second-order valence-electron chi connectivity index (χ2n) is 4.91. The van der Waals surface area contributed by atoms with Crippen molar-refractivity contribution in [3.63, 3.8) is 0 Å². The first-order valence-electron chi connectivity index (χ1n) is 6.40. The molecule has 1 N–H and O–H groups in total.